The van der Waals surface area contributed by atoms with Gasteiger partial charge in [0.25, 0.3) is 0 Å². The molecule has 0 radical (unpaired) electrons. The van der Waals surface area contributed by atoms with Crippen LogP contribution < -0.4 is 14.8 Å². The molecule has 3 aliphatic rings. The summed E-state index contributed by atoms with van der Waals surface area (Å²) in [4.78, 5) is 15.3. The molecule has 6 nitrogen and oxygen atoms in total. The summed E-state index contributed by atoms with van der Waals surface area (Å²) in [6.07, 6.45) is 4.67. The topological polar surface area (TPSA) is 71.0 Å². The average Bonchev–Trinajstić information content (AvgIpc) is 3.20. The molecule has 0 spiro atoms. The number of nitrogens with one attached hydrogen (secondary N) is 1. The molecule has 0 bridgehead atoms. The maximum absolute atomic E-state index is 13.0. The van der Waals surface area contributed by atoms with Gasteiger partial charge in [-0.15, -0.1) is 0 Å². The first kappa shape index (κ1) is 21.3. The number of likely N-dealkylation sites (tertiary alicyclic amines) is 1. The lowest BCUT2D eigenvalue weighted by Crippen LogP contribution is -2.56. The van der Waals surface area contributed by atoms with E-state index < -0.39 is 5.60 Å². The predicted octanol–water partition coefficient (Wildman–Crippen LogP) is 4.34. The number of fused-ring (bicyclic) bond motifs is 2. The summed E-state index contributed by atoms with van der Waals surface area (Å²) in [5, 5.41) is 14.6. The Kier molecular flexibility index (Phi) is 5.59. The van der Waals surface area contributed by atoms with Gasteiger partial charge in [-0.3, -0.25) is 9.69 Å². The number of nitrogens with zero attached hydrogens (tertiary/aromatic N) is 1. The summed E-state index contributed by atoms with van der Waals surface area (Å²) in [7, 11) is 0. The Hall–Kier alpha value is -2.57. The largest absolute Gasteiger partial charge is 0.454 e. The molecule has 2 N–H and O–H groups in total. The fourth-order valence-electron chi connectivity index (χ4n) is 5.89. The van der Waals surface area contributed by atoms with E-state index in [2.05, 4.69) is 22.3 Å². The fraction of sp³-hybridized carbons (Fsp3) is 0.500. The summed E-state index contributed by atoms with van der Waals surface area (Å²) >= 11 is 0. The van der Waals surface area contributed by atoms with Gasteiger partial charge in [0.15, 0.2) is 11.5 Å². The number of hydrogen-bond donors (Lipinski definition) is 2. The maximum Gasteiger partial charge on any atom is 0.238 e. The van der Waals surface area contributed by atoms with Gasteiger partial charge in [0.05, 0.1) is 12.1 Å². The molecular weight excluding hydrogens is 404 g/mol. The van der Waals surface area contributed by atoms with Crippen molar-refractivity contribution in [3.63, 3.8) is 0 Å². The molecule has 3 atom stereocenters. The number of ether oxygens (including phenoxy) is 2. The Morgan fingerprint density at radius 1 is 1.09 bits per heavy atom. The van der Waals surface area contributed by atoms with Crippen LogP contribution in [0, 0.1) is 19.8 Å². The first-order valence-corrected chi connectivity index (χ1v) is 11.7. The van der Waals surface area contributed by atoms with E-state index in [1.165, 1.54) is 0 Å². The van der Waals surface area contributed by atoms with Gasteiger partial charge < -0.3 is 19.9 Å². The molecule has 6 heteroatoms. The Morgan fingerprint density at radius 2 is 1.88 bits per heavy atom. The summed E-state index contributed by atoms with van der Waals surface area (Å²) < 4.78 is 11.1. The van der Waals surface area contributed by atoms with E-state index in [9.17, 15) is 9.90 Å². The molecule has 2 fully saturated rings. The summed E-state index contributed by atoms with van der Waals surface area (Å²) in [5.41, 5.74) is 3.50. The maximum atomic E-state index is 13.0. The SMILES string of the molecule is Cc1cc(C)cc(NC(=O)CN2CCC3(O)CCCCC3[C@@H]2c2ccc3c(c2)OCO3)c1. The van der Waals surface area contributed by atoms with Gasteiger partial charge >= 0.3 is 0 Å². The lowest BCUT2D eigenvalue weighted by molar-refractivity contribution is -0.135. The molecule has 1 saturated carbocycles. The minimum atomic E-state index is -0.667. The highest BCUT2D eigenvalue weighted by Gasteiger charge is 2.49. The number of hydrogen-bond acceptors (Lipinski definition) is 5. The standard InChI is InChI=1S/C26H32N2O4/c1-17-11-18(2)13-20(12-17)27-24(29)15-28-10-9-26(30)8-4-3-5-21(26)25(28)19-6-7-22-23(14-19)32-16-31-22/h6-7,11-14,21,25,30H,3-5,8-10,15-16H2,1-2H3,(H,27,29)/t21?,25-,26?/m0/s1. The van der Waals surface area contributed by atoms with Crippen LogP contribution in [0.25, 0.3) is 0 Å². The van der Waals surface area contributed by atoms with Gasteiger partial charge in [-0.25, -0.2) is 0 Å². The average molecular weight is 437 g/mol. The molecule has 0 aromatic heterocycles. The second-order valence-corrected chi connectivity index (χ2v) is 9.66. The van der Waals surface area contributed by atoms with E-state index in [-0.39, 0.29) is 24.7 Å². The number of anilines is 1. The van der Waals surface area contributed by atoms with E-state index in [0.717, 1.165) is 59.6 Å². The number of carbonyl (C=O) groups is 1. The number of piperidine rings is 1. The fourth-order valence-corrected chi connectivity index (χ4v) is 5.89. The van der Waals surface area contributed by atoms with Gasteiger partial charge in [-0.2, -0.15) is 0 Å². The molecule has 1 aliphatic carbocycles. The summed E-state index contributed by atoms with van der Waals surface area (Å²) in [6.45, 7) is 5.28. The van der Waals surface area contributed by atoms with Crippen molar-refractivity contribution in [2.75, 3.05) is 25.2 Å². The minimum Gasteiger partial charge on any atom is -0.454 e. The van der Waals surface area contributed by atoms with Crippen molar-refractivity contribution in [1.29, 1.82) is 0 Å². The van der Waals surface area contributed by atoms with Crippen LogP contribution in [0.3, 0.4) is 0 Å². The van der Waals surface area contributed by atoms with Crippen LogP contribution >= 0.6 is 0 Å². The van der Waals surface area contributed by atoms with Crippen molar-refractivity contribution in [1.82, 2.24) is 4.90 Å². The van der Waals surface area contributed by atoms with E-state index in [4.69, 9.17) is 9.47 Å². The molecule has 2 heterocycles. The molecule has 2 aromatic rings. The van der Waals surface area contributed by atoms with E-state index in [1.807, 2.05) is 38.1 Å². The van der Waals surface area contributed by atoms with Gasteiger partial charge in [0.1, 0.15) is 0 Å². The number of rotatable bonds is 4. The number of amides is 1. The Labute approximate surface area is 189 Å². The van der Waals surface area contributed by atoms with Crippen LogP contribution in [0.15, 0.2) is 36.4 Å². The highest BCUT2D eigenvalue weighted by atomic mass is 16.7. The molecule has 1 amide bonds. The van der Waals surface area contributed by atoms with Crippen LogP contribution in [0.2, 0.25) is 0 Å². The quantitative estimate of drug-likeness (QED) is 0.746. The van der Waals surface area contributed by atoms with Crippen LogP contribution in [0.5, 0.6) is 11.5 Å². The number of carbonyl (C=O) groups excluding carboxylic acids is 1. The lowest BCUT2D eigenvalue weighted by Gasteiger charge is -2.52. The van der Waals surface area contributed by atoms with Gasteiger partial charge in [-0.1, -0.05) is 25.0 Å². The van der Waals surface area contributed by atoms with Crippen LogP contribution in [-0.2, 0) is 4.79 Å². The molecule has 32 heavy (non-hydrogen) atoms. The van der Waals surface area contributed by atoms with Crippen molar-refractivity contribution in [2.45, 2.75) is 57.6 Å². The van der Waals surface area contributed by atoms with Gasteiger partial charge in [-0.05, 0) is 74.1 Å². The third-order valence-corrected chi connectivity index (χ3v) is 7.26. The highest BCUT2D eigenvalue weighted by molar-refractivity contribution is 5.92. The van der Waals surface area contributed by atoms with Crippen molar-refractivity contribution in [3.05, 3.63) is 53.1 Å². The molecule has 2 aromatic carbocycles. The number of aliphatic hydroxyl groups is 1. The molecule has 1 saturated heterocycles. The molecule has 5 rings (SSSR count). The zero-order valence-electron chi connectivity index (χ0n) is 18.9. The molecule has 2 unspecified atom stereocenters. The first-order valence-electron chi connectivity index (χ1n) is 11.7. The number of benzene rings is 2. The highest BCUT2D eigenvalue weighted by Crippen LogP contribution is 2.50. The van der Waals surface area contributed by atoms with Crippen molar-refractivity contribution in [2.24, 2.45) is 5.92 Å². The third kappa shape index (κ3) is 4.09. The summed E-state index contributed by atoms with van der Waals surface area (Å²) in [6, 6.07) is 12.1. The zero-order chi connectivity index (χ0) is 22.3. The van der Waals surface area contributed by atoms with E-state index in [0.29, 0.717) is 19.5 Å². The van der Waals surface area contributed by atoms with E-state index in [1.54, 1.807) is 0 Å². The molecule has 170 valence electrons. The predicted molar refractivity (Wildman–Crippen MR) is 123 cm³/mol. The van der Waals surface area contributed by atoms with Crippen molar-refractivity contribution in [3.8, 4) is 11.5 Å². The molecule has 2 aliphatic heterocycles. The Balaban J connectivity index is 1.41. The normalized spacial score (nSPS) is 27.1. The molecular formula is C26H32N2O4. The Morgan fingerprint density at radius 3 is 2.69 bits per heavy atom. The minimum absolute atomic E-state index is 0.0259. The number of aryl methyl sites for hydroxylation is 2. The second-order valence-electron chi connectivity index (χ2n) is 9.66. The van der Waals surface area contributed by atoms with Crippen molar-refractivity contribution < 1.29 is 19.4 Å². The summed E-state index contributed by atoms with van der Waals surface area (Å²) in [5.74, 6) is 1.57. The zero-order valence-corrected chi connectivity index (χ0v) is 18.9. The van der Waals surface area contributed by atoms with Gasteiger partial charge in [0.2, 0.25) is 12.7 Å². The third-order valence-electron chi connectivity index (χ3n) is 7.26. The van der Waals surface area contributed by atoms with Crippen LogP contribution in [0.1, 0.15) is 54.8 Å². The smallest absolute Gasteiger partial charge is 0.238 e. The first-order chi connectivity index (χ1) is 15.4. The Bertz CT molecular complexity index is 1000. The lowest BCUT2D eigenvalue weighted by atomic mass is 9.66. The van der Waals surface area contributed by atoms with Crippen LogP contribution in [0.4, 0.5) is 5.69 Å². The second kappa shape index (κ2) is 8.41. The van der Waals surface area contributed by atoms with Crippen LogP contribution in [-0.4, -0.2) is 41.4 Å². The van der Waals surface area contributed by atoms with Gasteiger partial charge in [0, 0.05) is 24.2 Å². The van der Waals surface area contributed by atoms with E-state index >= 15 is 0 Å². The monoisotopic (exact) mass is 436 g/mol. The van der Waals surface area contributed by atoms with Crippen molar-refractivity contribution >= 4 is 11.6 Å².